The second-order valence-corrected chi connectivity index (χ2v) is 4.91. The third kappa shape index (κ3) is 3.39. The minimum atomic E-state index is -2.82. The highest BCUT2D eigenvalue weighted by atomic mass is 19.3. The zero-order valence-electron chi connectivity index (χ0n) is 12.1. The van der Waals surface area contributed by atoms with Crippen LogP contribution in [0.15, 0.2) is 30.5 Å². The Bertz CT molecular complexity index is 577. The third-order valence-electron chi connectivity index (χ3n) is 3.70. The number of hydrogen-bond donors (Lipinski definition) is 2. The van der Waals surface area contributed by atoms with Crippen molar-refractivity contribution in [3.63, 3.8) is 0 Å². The molecule has 2 aromatic rings. The number of halogens is 2. The molecule has 0 aliphatic heterocycles. The van der Waals surface area contributed by atoms with Crippen molar-refractivity contribution in [2.24, 2.45) is 5.73 Å². The van der Waals surface area contributed by atoms with Crippen LogP contribution in [0.2, 0.25) is 0 Å². The Hall–Kier alpha value is -1.95. The van der Waals surface area contributed by atoms with Crippen LogP contribution < -0.4 is 10.5 Å². The van der Waals surface area contributed by atoms with Crippen LogP contribution in [0.25, 0.3) is 11.3 Å². The molecule has 3 N–H and O–H groups in total. The maximum absolute atomic E-state index is 12.1. The molecule has 0 saturated carbocycles. The lowest BCUT2D eigenvalue weighted by molar-refractivity contribution is -0.0498. The molecule has 0 aliphatic rings. The number of aromatic nitrogens is 2. The Morgan fingerprint density at radius 1 is 1.24 bits per heavy atom. The smallest absolute Gasteiger partial charge is 0.387 e. The Labute approximate surface area is 122 Å². The van der Waals surface area contributed by atoms with Crippen LogP contribution in [-0.2, 0) is 5.54 Å². The molecule has 21 heavy (non-hydrogen) atoms. The second-order valence-electron chi connectivity index (χ2n) is 4.91. The lowest BCUT2D eigenvalue weighted by atomic mass is 9.93. The predicted molar refractivity (Wildman–Crippen MR) is 77.1 cm³/mol. The molecule has 0 spiro atoms. The summed E-state index contributed by atoms with van der Waals surface area (Å²) < 4.78 is 28.5. The van der Waals surface area contributed by atoms with Crippen molar-refractivity contribution in [2.75, 3.05) is 0 Å². The van der Waals surface area contributed by atoms with Gasteiger partial charge >= 0.3 is 6.61 Å². The summed E-state index contributed by atoms with van der Waals surface area (Å²) in [5, 5.41) is 0. The van der Waals surface area contributed by atoms with E-state index in [0.29, 0.717) is 0 Å². The molecule has 2 rings (SSSR count). The van der Waals surface area contributed by atoms with Crippen LogP contribution in [0.1, 0.15) is 32.5 Å². The molecule has 0 aliphatic carbocycles. The average molecular weight is 295 g/mol. The summed E-state index contributed by atoms with van der Waals surface area (Å²) in [7, 11) is 0. The molecule has 0 unspecified atom stereocenters. The topological polar surface area (TPSA) is 63.9 Å². The van der Waals surface area contributed by atoms with Gasteiger partial charge in [0, 0.05) is 0 Å². The second kappa shape index (κ2) is 6.22. The van der Waals surface area contributed by atoms with Crippen molar-refractivity contribution >= 4 is 0 Å². The summed E-state index contributed by atoms with van der Waals surface area (Å²) in [5.41, 5.74) is 7.45. The molecule has 6 heteroatoms. The molecule has 1 aromatic heterocycles. The van der Waals surface area contributed by atoms with Crippen molar-refractivity contribution in [2.45, 2.75) is 38.8 Å². The van der Waals surface area contributed by atoms with Gasteiger partial charge in [0.1, 0.15) is 11.6 Å². The number of ether oxygens (including phenoxy) is 1. The van der Waals surface area contributed by atoms with Gasteiger partial charge in [-0.05, 0) is 42.7 Å². The van der Waals surface area contributed by atoms with E-state index in [9.17, 15) is 8.78 Å². The number of hydrogen-bond acceptors (Lipinski definition) is 3. The van der Waals surface area contributed by atoms with Gasteiger partial charge in [0.2, 0.25) is 0 Å². The third-order valence-corrected chi connectivity index (χ3v) is 3.70. The Kier molecular flexibility index (Phi) is 4.57. The average Bonchev–Trinajstić information content (AvgIpc) is 2.97. The van der Waals surface area contributed by atoms with Crippen LogP contribution in [-0.4, -0.2) is 16.6 Å². The van der Waals surface area contributed by atoms with Gasteiger partial charge in [0.25, 0.3) is 0 Å². The number of benzene rings is 1. The van der Waals surface area contributed by atoms with Crippen LogP contribution >= 0.6 is 0 Å². The Morgan fingerprint density at radius 2 is 1.86 bits per heavy atom. The van der Waals surface area contributed by atoms with Crippen LogP contribution in [0.4, 0.5) is 8.78 Å². The monoisotopic (exact) mass is 295 g/mol. The zero-order valence-corrected chi connectivity index (χ0v) is 12.1. The minimum absolute atomic E-state index is 0.128. The van der Waals surface area contributed by atoms with E-state index >= 15 is 0 Å². The largest absolute Gasteiger partial charge is 0.435 e. The van der Waals surface area contributed by atoms with Gasteiger partial charge in [-0.25, -0.2) is 4.98 Å². The molecule has 0 bridgehead atoms. The quantitative estimate of drug-likeness (QED) is 0.855. The van der Waals surface area contributed by atoms with Gasteiger partial charge in [0.15, 0.2) is 0 Å². The summed E-state index contributed by atoms with van der Waals surface area (Å²) in [6, 6.07) is 6.39. The first-order valence-corrected chi connectivity index (χ1v) is 6.88. The van der Waals surface area contributed by atoms with Gasteiger partial charge < -0.3 is 15.5 Å². The summed E-state index contributed by atoms with van der Waals surface area (Å²) in [6.07, 6.45) is 3.25. The highest BCUT2D eigenvalue weighted by molar-refractivity contribution is 5.59. The molecule has 0 fully saturated rings. The van der Waals surface area contributed by atoms with E-state index in [2.05, 4.69) is 14.7 Å². The van der Waals surface area contributed by atoms with E-state index in [4.69, 9.17) is 5.73 Å². The number of H-pyrrole nitrogens is 1. The number of nitrogens with two attached hydrogens (primary N) is 1. The zero-order chi connectivity index (χ0) is 15.5. The van der Waals surface area contributed by atoms with Crippen LogP contribution in [0.3, 0.4) is 0 Å². The van der Waals surface area contributed by atoms with Gasteiger partial charge in [-0.2, -0.15) is 8.78 Å². The van der Waals surface area contributed by atoms with Crippen molar-refractivity contribution in [3.8, 4) is 17.0 Å². The molecule has 1 heterocycles. The maximum Gasteiger partial charge on any atom is 0.387 e. The van der Waals surface area contributed by atoms with Crippen LogP contribution in [0, 0.1) is 0 Å². The van der Waals surface area contributed by atoms with Crippen molar-refractivity contribution in [1.29, 1.82) is 0 Å². The van der Waals surface area contributed by atoms with Gasteiger partial charge in [-0.15, -0.1) is 0 Å². The van der Waals surface area contributed by atoms with Crippen molar-refractivity contribution < 1.29 is 13.5 Å². The Morgan fingerprint density at radius 3 is 2.38 bits per heavy atom. The van der Waals surface area contributed by atoms with E-state index < -0.39 is 12.2 Å². The number of nitrogens with zero attached hydrogens (tertiary/aromatic N) is 1. The summed E-state index contributed by atoms with van der Waals surface area (Å²) in [4.78, 5) is 7.55. The molecule has 1 aromatic carbocycles. The van der Waals surface area contributed by atoms with Crippen molar-refractivity contribution in [1.82, 2.24) is 9.97 Å². The number of imidazole rings is 1. The number of aromatic amines is 1. The molecule has 4 nitrogen and oxygen atoms in total. The first-order chi connectivity index (χ1) is 9.98. The normalized spacial score (nSPS) is 11.9. The summed E-state index contributed by atoms with van der Waals surface area (Å²) in [6.45, 7) is 1.21. The Balaban J connectivity index is 2.21. The van der Waals surface area contributed by atoms with E-state index in [1.54, 1.807) is 18.3 Å². The molecule has 0 atom stereocenters. The van der Waals surface area contributed by atoms with Gasteiger partial charge in [-0.1, -0.05) is 13.8 Å². The first kappa shape index (κ1) is 15.4. The predicted octanol–water partition coefficient (Wildman–Crippen LogP) is 3.65. The lowest BCUT2D eigenvalue weighted by Gasteiger charge is -2.23. The first-order valence-electron chi connectivity index (χ1n) is 6.88. The highest BCUT2D eigenvalue weighted by Crippen LogP contribution is 2.27. The lowest BCUT2D eigenvalue weighted by Crippen LogP contribution is -2.36. The fraction of sp³-hybridized carbons (Fsp3) is 0.400. The number of nitrogens with one attached hydrogen (secondary N) is 1. The molecule has 0 saturated heterocycles. The molecule has 114 valence electrons. The molecule has 0 radical (unpaired) electrons. The fourth-order valence-electron chi connectivity index (χ4n) is 2.12. The van der Waals surface area contributed by atoms with E-state index in [1.807, 2.05) is 13.8 Å². The number of rotatable bonds is 6. The number of alkyl halides is 2. The minimum Gasteiger partial charge on any atom is -0.435 e. The van der Waals surface area contributed by atoms with Crippen LogP contribution in [0.5, 0.6) is 5.75 Å². The van der Waals surface area contributed by atoms with E-state index in [-0.39, 0.29) is 5.75 Å². The molecular weight excluding hydrogens is 276 g/mol. The highest BCUT2D eigenvalue weighted by Gasteiger charge is 2.26. The molecule has 0 amide bonds. The molecular formula is C15H19F2N3O. The van der Waals surface area contributed by atoms with Gasteiger partial charge in [-0.3, -0.25) is 0 Å². The summed E-state index contributed by atoms with van der Waals surface area (Å²) in [5.74, 6) is 0.860. The fourth-order valence-corrected chi connectivity index (χ4v) is 2.12. The SMILES string of the molecule is CCC(N)(CC)c1ncc(-c2ccc(OC(F)F)cc2)[nH]1. The van der Waals surface area contributed by atoms with E-state index in [1.165, 1.54) is 12.1 Å². The van der Waals surface area contributed by atoms with Crippen molar-refractivity contribution in [3.05, 3.63) is 36.3 Å². The maximum atomic E-state index is 12.1. The van der Waals surface area contributed by atoms with E-state index in [0.717, 1.165) is 29.9 Å². The summed E-state index contributed by atoms with van der Waals surface area (Å²) >= 11 is 0. The van der Waals surface area contributed by atoms with Gasteiger partial charge in [0.05, 0.1) is 17.4 Å². The standard InChI is InChI=1S/C15H19F2N3O/c1-3-15(18,4-2)13-19-9-12(20-13)10-5-7-11(8-6-10)21-14(16)17/h5-9,14H,3-4,18H2,1-2H3,(H,19,20).